The first-order valence-electron chi connectivity index (χ1n) is 5.41. The van der Waals surface area contributed by atoms with Gasteiger partial charge in [-0.2, -0.15) is 5.10 Å². The molecule has 3 rings (SSSR count). The van der Waals surface area contributed by atoms with Gasteiger partial charge < -0.3 is 9.26 Å². The van der Waals surface area contributed by atoms with E-state index in [0.29, 0.717) is 28.9 Å². The average molecular weight is 252 g/mol. The molecule has 2 aromatic rings. The molecule has 7 heteroatoms. The summed E-state index contributed by atoms with van der Waals surface area (Å²) in [5, 5.41) is 11.0. The van der Waals surface area contributed by atoms with Crippen molar-refractivity contribution >= 4 is 12.2 Å². The molecule has 0 radical (unpaired) electrons. The second-order valence-electron chi connectivity index (χ2n) is 4.07. The van der Waals surface area contributed by atoms with Gasteiger partial charge in [0.15, 0.2) is 22.0 Å². The van der Waals surface area contributed by atoms with E-state index in [1.807, 2.05) is 10.6 Å². The number of aromatic nitrogens is 4. The molecule has 1 fully saturated rings. The van der Waals surface area contributed by atoms with Crippen molar-refractivity contribution in [1.82, 2.24) is 19.9 Å². The third-order valence-corrected chi connectivity index (χ3v) is 2.98. The molecular formula is C10H12N4O2S. The maximum Gasteiger partial charge on any atom is 0.195 e. The minimum absolute atomic E-state index is 0.404. The summed E-state index contributed by atoms with van der Waals surface area (Å²) in [6.07, 6.45) is 2.28. The molecule has 0 bridgehead atoms. The minimum Gasteiger partial charge on any atom is -0.377 e. The van der Waals surface area contributed by atoms with Crippen LogP contribution in [-0.4, -0.2) is 27.0 Å². The molecule has 0 atom stereocenters. The van der Waals surface area contributed by atoms with E-state index in [4.69, 9.17) is 21.5 Å². The fourth-order valence-corrected chi connectivity index (χ4v) is 2.07. The van der Waals surface area contributed by atoms with Crippen molar-refractivity contribution in [2.45, 2.75) is 25.5 Å². The summed E-state index contributed by atoms with van der Waals surface area (Å²) in [6, 6.07) is 2.28. The Labute approximate surface area is 103 Å². The van der Waals surface area contributed by atoms with Crippen LogP contribution >= 0.6 is 12.2 Å². The monoisotopic (exact) mass is 252 g/mol. The number of H-pyrrole nitrogens is 1. The van der Waals surface area contributed by atoms with E-state index >= 15 is 0 Å². The molecule has 17 heavy (non-hydrogen) atoms. The quantitative estimate of drug-likeness (QED) is 0.844. The predicted octanol–water partition coefficient (Wildman–Crippen LogP) is 2.08. The molecule has 1 N–H and O–H groups in total. The summed E-state index contributed by atoms with van der Waals surface area (Å²) in [6.45, 7) is 0.404. The summed E-state index contributed by atoms with van der Waals surface area (Å²) < 4.78 is 12.8. The highest BCUT2D eigenvalue weighted by molar-refractivity contribution is 7.71. The zero-order valence-corrected chi connectivity index (χ0v) is 10.2. The van der Waals surface area contributed by atoms with Crippen molar-refractivity contribution in [1.29, 1.82) is 0 Å². The van der Waals surface area contributed by atoms with Crippen molar-refractivity contribution in [2.75, 3.05) is 7.11 Å². The third-order valence-electron chi connectivity index (χ3n) is 2.69. The van der Waals surface area contributed by atoms with E-state index in [-0.39, 0.29) is 0 Å². The summed E-state index contributed by atoms with van der Waals surface area (Å²) in [7, 11) is 1.61. The van der Waals surface area contributed by atoms with Crippen molar-refractivity contribution in [3.63, 3.8) is 0 Å². The first-order valence-corrected chi connectivity index (χ1v) is 5.82. The summed E-state index contributed by atoms with van der Waals surface area (Å²) >= 11 is 5.21. The predicted molar refractivity (Wildman–Crippen MR) is 61.9 cm³/mol. The second-order valence-corrected chi connectivity index (χ2v) is 4.45. The number of rotatable bonds is 4. The van der Waals surface area contributed by atoms with Crippen molar-refractivity contribution < 1.29 is 9.26 Å². The van der Waals surface area contributed by atoms with Gasteiger partial charge >= 0.3 is 0 Å². The van der Waals surface area contributed by atoms with Crippen LogP contribution in [0.3, 0.4) is 0 Å². The highest BCUT2D eigenvalue weighted by Gasteiger charge is 2.28. The molecule has 0 aliphatic heterocycles. The summed E-state index contributed by atoms with van der Waals surface area (Å²) in [5.74, 6) is 1.42. The minimum atomic E-state index is 0.404. The van der Waals surface area contributed by atoms with Crippen LogP contribution in [-0.2, 0) is 11.3 Å². The molecule has 0 saturated heterocycles. The first kappa shape index (κ1) is 10.7. The third kappa shape index (κ3) is 1.91. The lowest BCUT2D eigenvalue weighted by molar-refractivity contribution is 0.156. The number of hydrogen-bond donors (Lipinski definition) is 1. The molecule has 2 heterocycles. The van der Waals surface area contributed by atoms with E-state index in [1.165, 1.54) is 0 Å². The van der Waals surface area contributed by atoms with Gasteiger partial charge in [-0.15, -0.1) is 0 Å². The largest absolute Gasteiger partial charge is 0.377 e. The molecule has 2 aromatic heterocycles. The molecule has 1 aliphatic rings. The van der Waals surface area contributed by atoms with E-state index in [0.717, 1.165) is 18.7 Å². The fraction of sp³-hybridized carbons (Fsp3) is 0.500. The Morgan fingerprint density at radius 1 is 1.65 bits per heavy atom. The van der Waals surface area contributed by atoms with Crippen LogP contribution in [0.1, 0.15) is 24.6 Å². The van der Waals surface area contributed by atoms with Gasteiger partial charge in [-0.1, -0.05) is 5.16 Å². The van der Waals surface area contributed by atoms with Gasteiger partial charge in [-0.3, -0.25) is 9.67 Å². The first-order chi connectivity index (χ1) is 8.29. The Kier molecular flexibility index (Phi) is 2.56. The normalized spacial score (nSPS) is 15.4. The molecule has 0 aromatic carbocycles. The van der Waals surface area contributed by atoms with Gasteiger partial charge in [-0.25, -0.2) is 0 Å². The van der Waals surface area contributed by atoms with Gasteiger partial charge in [0.2, 0.25) is 0 Å². The van der Waals surface area contributed by atoms with Crippen molar-refractivity contribution in [2.24, 2.45) is 0 Å². The van der Waals surface area contributed by atoms with Crippen molar-refractivity contribution in [3.05, 3.63) is 16.6 Å². The zero-order chi connectivity index (χ0) is 11.8. The Morgan fingerprint density at radius 3 is 3.18 bits per heavy atom. The maximum absolute atomic E-state index is 5.21. The number of nitrogens with one attached hydrogen (secondary N) is 1. The summed E-state index contributed by atoms with van der Waals surface area (Å²) in [5.41, 5.74) is 0.691. The second kappa shape index (κ2) is 4.08. The van der Waals surface area contributed by atoms with E-state index in [2.05, 4.69) is 15.4 Å². The molecule has 90 valence electrons. The van der Waals surface area contributed by atoms with Crippen LogP contribution in [0.2, 0.25) is 0 Å². The lowest BCUT2D eigenvalue weighted by Crippen LogP contribution is -1.97. The highest BCUT2D eigenvalue weighted by Crippen LogP contribution is 2.37. The number of aromatic amines is 1. The van der Waals surface area contributed by atoms with Crippen LogP contribution in [0.5, 0.6) is 0 Å². The number of methoxy groups -OCH3 is 1. The van der Waals surface area contributed by atoms with Gasteiger partial charge in [0.25, 0.3) is 0 Å². The van der Waals surface area contributed by atoms with Gasteiger partial charge in [-0.05, 0) is 25.1 Å². The zero-order valence-electron chi connectivity index (χ0n) is 9.34. The van der Waals surface area contributed by atoms with Crippen molar-refractivity contribution in [3.8, 4) is 11.5 Å². The Hall–Kier alpha value is -1.47. The molecule has 1 saturated carbocycles. The Balaban J connectivity index is 1.99. The Morgan fingerprint density at radius 2 is 2.47 bits per heavy atom. The van der Waals surface area contributed by atoms with Crippen LogP contribution in [0, 0.1) is 4.77 Å². The summed E-state index contributed by atoms with van der Waals surface area (Å²) in [4.78, 5) is 0. The van der Waals surface area contributed by atoms with Crippen LogP contribution in [0.4, 0.5) is 0 Å². The van der Waals surface area contributed by atoms with E-state index in [9.17, 15) is 0 Å². The average Bonchev–Trinajstić information content (AvgIpc) is 2.92. The molecular weight excluding hydrogens is 240 g/mol. The lowest BCUT2D eigenvalue weighted by atomic mass is 10.3. The molecule has 1 aliphatic carbocycles. The van der Waals surface area contributed by atoms with E-state index < -0.39 is 0 Å². The van der Waals surface area contributed by atoms with Crippen LogP contribution in [0.25, 0.3) is 11.5 Å². The SMILES string of the molecule is COCc1cc(-c2n[nH]c(=S)n2C2CC2)no1. The Bertz CT molecular complexity index is 581. The standard InChI is InChI=1S/C10H12N4O2S/c1-15-5-7-4-8(13-16-7)9-11-12-10(17)14(9)6-2-3-6/h4,6H,2-3,5H2,1H3,(H,12,17). The van der Waals surface area contributed by atoms with Gasteiger partial charge in [0.1, 0.15) is 6.61 Å². The van der Waals surface area contributed by atoms with Crippen LogP contribution in [0.15, 0.2) is 10.6 Å². The number of ether oxygens (including phenoxy) is 1. The molecule has 6 nitrogen and oxygen atoms in total. The lowest BCUT2D eigenvalue weighted by Gasteiger charge is -2.00. The molecule has 0 amide bonds. The fourth-order valence-electron chi connectivity index (χ4n) is 1.79. The highest BCUT2D eigenvalue weighted by atomic mass is 32.1. The smallest absolute Gasteiger partial charge is 0.195 e. The maximum atomic E-state index is 5.21. The number of nitrogens with zero attached hydrogens (tertiary/aromatic N) is 3. The van der Waals surface area contributed by atoms with Crippen LogP contribution < -0.4 is 0 Å². The van der Waals surface area contributed by atoms with Gasteiger partial charge in [0.05, 0.1) is 0 Å². The van der Waals surface area contributed by atoms with Gasteiger partial charge in [0, 0.05) is 19.2 Å². The number of hydrogen-bond acceptors (Lipinski definition) is 5. The van der Waals surface area contributed by atoms with E-state index in [1.54, 1.807) is 7.11 Å². The topological polar surface area (TPSA) is 68.9 Å². The molecule has 0 spiro atoms. The molecule has 0 unspecified atom stereocenters.